The topological polar surface area (TPSA) is 21.7 Å². The van der Waals surface area contributed by atoms with Gasteiger partial charge >= 0.3 is 0 Å². The number of benzene rings is 2. The minimum Gasteiger partial charge on any atom is -0.497 e. The SMILES string of the molecule is COc1ccc(C2(C)CSc3cc(OC)ccc3C2CCCCCCCCCSCCCN(C)C)cc1. The lowest BCUT2D eigenvalue weighted by Gasteiger charge is -2.43. The molecule has 0 amide bonds. The minimum absolute atomic E-state index is 0.114. The molecule has 0 aromatic heterocycles. The first-order valence-corrected chi connectivity index (χ1v) is 16.3. The second-order valence-electron chi connectivity index (χ2n) is 10.9. The Balaban J connectivity index is 1.47. The molecule has 37 heavy (non-hydrogen) atoms. The van der Waals surface area contributed by atoms with Crippen LogP contribution in [0.4, 0.5) is 0 Å². The summed E-state index contributed by atoms with van der Waals surface area (Å²) in [7, 11) is 7.83. The van der Waals surface area contributed by atoms with E-state index >= 15 is 0 Å². The summed E-state index contributed by atoms with van der Waals surface area (Å²) in [5.74, 6) is 6.15. The van der Waals surface area contributed by atoms with Crippen LogP contribution in [0.5, 0.6) is 11.5 Å². The third kappa shape index (κ3) is 9.14. The Morgan fingerprint density at radius 3 is 2.14 bits per heavy atom. The van der Waals surface area contributed by atoms with Crippen molar-refractivity contribution < 1.29 is 9.47 Å². The molecule has 2 unspecified atom stereocenters. The van der Waals surface area contributed by atoms with Crippen LogP contribution < -0.4 is 9.47 Å². The summed E-state index contributed by atoms with van der Waals surface area (Å²) in [6.45, 7) is 3.68. The number of unbranched alkanes of at least 4 members (excludes halogenated alkanes) is 6. The van der Waals surface area contributed by atoms with Gasteiger partial charge in [0.15, 0.2) is 0 Å². The van der Waals surface area contributed by atoms with Crippen LogP contribution in [0.25, 0.3) is 0 Å². The molecule has 3 nitrogen and oxygen atoms in total. The van der Waals surface area contributed by atoms with Crippen molar-refractivity contribution in [3.8, 4) is 11.5 Å². The summed E-state index contributed by atoms with van der Waals surface area (Å²) in [5, 5.41) is 0. The van der Waals surface area contributed by atoms with E-state index in [1.807, 2.05) is 11.8 Å². The number of thioether (sulfide) groups is 2. The third-order valence-electron chi connectivity index (χ3n) is 7.82. The molecule has 2 aromatic rings. The molecule has 0 fully saturated rings. The van der Waals surface area contributed by atoms with Crippen molar-refractivity contribution in [2.45, 2.75) is 80.9 Å². The fourth-order valence-corrected chi connectivity index (χ4v) is 7.82. The van der Waals surface area contributed by atoms with Gasteiger partial charge in [0, 0.05) is 16.1 Å². The Kier molecular flexibility index (Phi) is 13.0. The minimum atomic E-state index is 0.114. The van der Waals surface area contributed by atoms with Crippen LogP contribution in [0.2, 0.25) is 0 Å². The lowest BCUT2D eigenvalue weighted by atomic mass is 9.68. The van der Waals surface area contributed by atoms with E-state index in [1.165, 1.54) is 91.9 Å². The third-order valence-corrected chi connectivity index (χ3v) is 10.4. The monoisotopic (exact) mass is 543 g/mol. The van der Waals surface area contributed by atoms with Gasteiger partial charge in [0.2, 0.25) is 0 Å². The molecule has 206 valence electrons. The van der Waals surface area contributed by atoms with Gasteiger partial charge in [-0.25, -0.2) is 0 Å². The standard InChI is InChI=1S/C32H49NO2S2/c1-32(26-15-17-27(34-4)18-16-26)25-37-31-24-28(35-5)19-20-29(31)30(32)14-11-9-7-6-8-10-12-22-36-23-13-21-33(2)3/h15-20,24,30H,6-14,21-23,25H2,1-5H3. The molecule has 1 aliphatic rings. The Bertz CT molecular complexity index is 918. The fourth-order valence-electron chi connectivity index (χ4n) is 5.48. The van der Waals surface area contributed by atoms with Gasteiger partial charge in [-0.05, 0) is 92.7 Å². The largest absolute Gasteiger partial charge is 0.497 e. The first-order valence-electron chi connectivity index (χ1n) is 14.2. The second-order valence-corrected chi connectivity index (χ2v) is 13.2. The first-order chi connectivity index (χ1) is 18.0. The predicted molar refractivity (Wildman–Crippen MR) is 164 cm³/mol. The Morgan fingerprint density at radius 2 is 1.46 bits per heavy atom. The number of fused-ring (bicyclic) bond motifs is 1. The molecule has 0 N–H and O–H groups in total. The van der Waals surface area contributed by atoms with Gasteiger partial charge in [-0.15, -0.1) is 11.8 Å². The summed E-state index contributed by atoms with van der Waals surface area (Å²) in [6.07, 6.45) is 12.1. The maximum absolute atomic E-state index is 5.53. The van der Waals surface area contributed by atoms with Crippen molar-refractivity contribution in [1.82, 2.24) is 4.90 Å². The van der Waals surface area contributed by atoms with Crippen LogP contribution in [-0.4, -0.2) is 57.0 Å². The quantitative estimate of drug-likeness (QED) is 0.186. The van der Waals surface area contributed by atoms with Gasteiger partial charge in [-0.2, -0.15) is 11.8 Å². The van der Waals surface area contributed by atoms with E-state index in [2.05, 4.69) is 80.1 Å². The zero-order chi connectivity index (χ0) is 26.5. The average molecular weight is 544 g/mol. The van der Waals surface area contributed by atoms with Crippen LogP contribution in [0.1, 0.15) is 81.8 Å². The van der Waals surface area contributed by atoms with Gasteiger partial charge in [-0.1, -0.05) is 63.6 Å². The summed E-state index contributed by atoms with van der Waals surface area (Å²) >= 11 is 4.12. The predicted octanol–water partition coefficient (Wildman–Crippen LogP) is 8.66. The fraction of sp³-hybridized carbons (Fsp3) is 0.625. The van der Waals surface area contributed by atoms with E-state index in [0.29, 0.717) is 5.92 Å². The van der Waals surface area contributed by atoms with E-state index in [9.17, 15) is 0 Å². The molecule has 5 heteroatoms. The molecular weight excluding hydrogens is 494 g/mol. The van der Waals surface area contributed by atoms with E-state index in [-0.39, 0.29) is 5.41 Å². The van der Waals surface area contributed by atoms with Gasteiger partial charge in [0.25, 0.3) is 0 Å². The van der Waals surface area contributed by atoms with Gasteiger partial charge < -0.3 is 14.4 Å². The summed E-state index contributed by atoms with van der Waals surface area (Å²) in [4.78, 5) is 3.68. The molecule has 0 saturated carbocycles. The maximum atomic E-state index is 5.53. The normalized spacial score (nSPS) is 19.1. The molecule has 2 atom stereocenters. The average Bonchev–Trinajstić information content (AvgIpc) is 2.91. The van der Waals surface area contributed by atoms with E-state index in [4.69, 9.17) is 9.47 Å². The van der Waals surface area contributed by atoms with Crippen molar-refractivity contribution >= 4 is 23.5 Å². The smallest absolute Gasteiger partial charge is 0.119 e. The molecule has 1 heterocycles. The zero-order valence-electron chi connectivity index (χ0n) is 23.9. The van der Waals surface area contributed by atoms with Crippen molar-refractivity contribution in [2.24, 2.45) is 0 Å². The highest BCUT2D eigenvalue weighted by Gasteiger charge is 2.41. The Hall–Kier alpha value is -1.30. The number of nitrogens with zero attached hydrogens (tertiary/aromatic N) is 1. The van der Waals surface area contributed by atoms with E-state index in [0.717, 1.165) is 17.3 Å². The maximum Gasteiger partial charge on any atom is 0.119 e. The highest BCUT2D eigenvalue weighted by molar-refractivity contribution is 7.99. The van der Waals surface area contributed by atoms with Crippen molar-refractivity contribution in [3.05, 3.63) is 53.6 Å². The van der Waals surface area contributed by atoms with Gasteiger partial charge in [0.1, 0.15) is 11.5 Å². The first kappa shape index (κ1) is 30.2. The van der Waals surface area contributed by atoms with Crippen LogP contribution in [-0.2, 0) is 5.41 Å². The number of methoxy groups -OCH3 is 2. The molecule has 0 aliphatic carbocycles. The van der Waals surface area contributed by atoms with Crippen LogP contribution in [0, 0.1) is 0 Å². The molecule has 0 radical (unpaired) electrons. The van der Waals surface area contributed by atoms with Crippen molar-refractivity contribution in [3.63, 3.8) is 0 Å². The molecule has 2 aromatic carbocycles. The van der Waals surface area contributed by atoms with E-state index < -0.39 is 0 Å². The van der Waals surface area contributed by atoms with Crippen LogP contribution >= 0.6 is 23.5 Å². The van der Waals surface area contributed by atoms with E-state index in [1.54, 1.807) is 14.2 Å². The lowest BCUT2D eigenvalue weighted by molar-refractivity contribution is 0.369. The molecule has 0 spiro atoms. The summed E-state index contributed by atoms with van der Waals surface area (Å²) in [6, 6.07) is 15.5. The van der Waals surface area contributed by atoms with Gasteiger partial charge in [0.05, 0.1) is 14.2 Å². The molecule has 0 saturated heterocycles. The number of ether oxygens (including phenoxy) is 2. The molecule has 0 bridgehead atoms. The van der Waals surface area contributed by atoms with Crippen LogP contribution in [0.15, 0.2) is 47.4 Å². The zero-order valence-corrected chi connectivity index (χ0v) is 25.5. The van der Waals surface area contributed by atoms with Crippen LogP contribution in [0.3, 0.4) is 0 Å². The molecule has 3 rings (SSSR count). The number of rotatable bonds is 17. The van der Waals surface area contributed by atoms with Gasteiger partial charge in [-0.3, -0.25) is 0 Å². The highest BCUT2D eigenvalue weighted by atomic mass is 32.2. The number of hydrogen-bond acceptors (Lipinski definition) is 5. The molecule has 1 aliphatic heterocycles. The summed E-state index contributed by atoms with van der Waals surface area (Å²) in [5.41, 5.74) is 3.04. The van der Waals surface area contributed by atoms with Crippen molar-refractivity contribution in [2.75, 3.05) is 52.1 Å². The number of hydrogen-bond donors (Lipinski definition) is 0. The Morgan fingerprint density at radius 1 is 0.838 bits per heavy atom. The van der Waals surface area contributed by atoms with Crippen molar-refractivity contribution in [1.29, 1.82) is 0 Å². The molecular formula is C32H49NO2S2. The summed E-state index contributed by atoms with van der Waals surface area (Å²) < 4.78 is 11.0. The Labute approximate surface area is 235 Å². The second kappa shape index (κ2) is 16.0. The lowest BCUT2D eigenvalue weighted by Crippen LogP contribution is -2.36. The highest BCUT2D eigenvalue weighted by Crippen LogP contribution is 2.52.